The zero-order valence-corrected chi connectivity index (χ0v) is 5.10. The van der Waals surface area contributed by atoms with Crippen LogP contribution in [0.1, 0.15) is 0 Å². The van der Waals surface area contributed by atoms with E-state index in [1.165, 1.54) is 7.48 Å². The molecule has 1 radical (unpaired) electrons. The van der Waals surface area contributed by atoms with Crippen LogP contribution in [-0.2, 0) is 9.84 Å². The fourth-order valence-corrected chi connectivity index (χ4v) is 0.523. The minimum Gasteiger partial charge on any atom is -0.275 e. The summed E-state index contributed by atoms with van der Waals surface area (Å²) in [5, 5.41) is 11.1. The van der Waals surface area contributed by atoms with Gasteiger partial charge in [-0.1, -0.05) is 11.1 Å². The summed E-state index contributed by atoms with van der Waals surface area (Å²) < 4.78 is 0. The zero-order valence-electron chi connectivity index (χ0n) is 5.10. The van der Waals surface area contributed by atoms with Gasteiger partial charge in [-0.05, 0) is 11.5 Å². The number of rotatable bonds is 3. The Hall–Kier alpha value is -0.905. The molecule has 1 rings (SSSR count). The second-order valence-corrected chi connectivity index (χ2v) is 1.57. The predicted molar refractivity (Wildman–Crippen MR) is 34.4 cm³/mol. The molecule has 0 unspecified atom stereocenters. The lowest BCUT2D eigenvalue weighted by atomic mass is 9.91. The summed E-state index contributed by atoms with van der Waals surface area (Å²) in [6.45, 7) is 0. The van der Waals surface area contributed by atoms with E-state index in [0.717, 1.165) is 5.46 Å². The van der Waals surface area contributed by atoms with Gasteiger partial charge >= 0.3 is 7.48 Å². The Morgan fingerprint density at radius 2 is 2.50 bits per heavy atom. The molecule has 0 aliphatic carbocycles. The molecule has 1 N–H and O–H groups in total. The van der Waals surface area contributed by atoms with Crippen LogP contribution in [0.15, 0.2) is 24.5 Å². The van der Waals surface area contributed by atoms with Gasteiger partial charge < -0.3 is 0 Å². The quantitative estimate of drug-likeness (QED) is 0.355. The summed E-state index contributed by atoms with van der Waals surface area (Å²) in [5.74, 6) is 0. The molecule has 0 bridgehead atoms. The normalized spacial score (nSPS) is 9.30. The third-order valence-electron chi connectivity index (χ3n) is 0.912. The minimum atomic E-state index is 0.719. The molecule has 0 saturated carbocycles. The Morgan fingerprint density at radius 3 is 3.10 bits per heavy atom. The molecule has 51 valence electrons. The van der Waals surface area contributed by atoms with E-state index in [0.29, 0.717) is 0 Å². The van der Waals surface area contributed by atoms with Crippen LogP contribution in [0.3, 0.4) is 0 Å². The van der Waals surface area contributed by atoms with Crippen LogP contribution in [0.4, 0.5) is 0 Å². The van der Waals surface area contributed by atoms with Crippen molar-refractivity contribution in [3.05, 3.63) is 24.5 Å². The molecule has 10 heavy (non-hydrogen) atoms. The van der Waals surface area contributed by atoms with Crippen LogP contribution in [-0.4, -0.2) is 17.7 Å². The topological polar surface area (TPSA) is 51.6 Å². The largest absolute Gasteiger partial charge is 0.387 e. The maximum atomic E-state index is 7.75. The molecule has 0 atom stereocenters. The highest BCUT2D eigenvalue weighted by Gasteiger charge is 1.95. The van der Waals surface area contributed by atoms with Gasteiger partial charge in [0, 0.05) is 12.4 Å². The van der Waals surface area contributed by atoms with Crippen molar-refractivity contribution >= 4 is 12.9 Å². The first-order valence-corrected chi connectivity index (χ1v) is 2.63. The van der Waals surface area contributed by atoms with E-state index in [4.69, 9.17) is 5.26 Å². The molecule has 1 heterocycles. The lowest BCUT2D eigenvalue weighted by Gasteiger charge is -1.93. The highest BCUT2D eigenvalue weighted by Crippen LogP contribution is 1.76. The second-order valence-electron chi connectivity index (χ2n) is 1.57. The van der Waals surface area contributed by atoms with Crippen molar-refractivity contribution in [1.82, 2.24) is 4.98 Å². The number of aromatic nitrogens is 1. The standard InChI is InChI=1S/C5H5BNO3/c8-10-9-6-5-2-1-3-7-4-5/h1-4,8H. The second kappa shape index (κ2) is 4.00. The summed E-state index contributed by atoms with van der Waals surface area (Å²) in [6.07, 6.45) is 3.20. The first kappa shape index (κ1) is 7.20. The molecule has 0 aliphatic heterocycles. The highest BCUT2D eigenvalue weighted by atomic mass is 17.5. The van der Waals surface area contributed by atoms with Gasteiger partial charge in [0.05, 0.1) is 0 Å². The van der Waals surface area contributed by atoms with Crippen LogP contribution < -0.4 is 5.46 Å². The van der Waals surface area contributed by atoms with E-state index >= 15 is 0 Å². The Balaban J connectivity index is 2.43. The fourth-order valence-electron chi connectivity index (χ4n) is 0.523. The SMILES string of the molecule is OOO[B]c1cccnc1. The summed E-state index contributed by atoms with van der Waals surface area (Å²) in [4.78, 5) is 7.90. The molecule has 0 aliphatic rings. The Kier molecular flexibility index (Phi) is 2.88. The van der Waals surface area contributed by atoms with E-state index in [2.05, 4.69) is 14.8 Å². The minimum absolute atomic E-state index is 0.719. The molecule has 1 aromatic rings. The van der Waals surface area contributed by atoms with Crippen molar-refractivity contribution in [2.75, 3.05) is 0 Å². The third-order valence-corrected chi connectivity index (χ3v) is 0.912. The molecular weight excluding hydrogens is 133 g/mol. The summed E-state index contributed by atoms with van der Waals surface area (Å²) >= 11 is 0. The van der Waals surface area contributed by atoms with Crippen molar-refractivity contribution in [3.63, 3.8) is 0 Å². The average molecular weight is 138 g/mol. The smallest absolute Gasteiger partial charge is 0.275 e. The van der Waals surface area contributed by atoms with Crippen LogP contribution in [0.25, 0.3) is 0 Å². The molecular formula is C5H5BNO3. The van der Waals surface area contributed by atoms with Crippen molar-refractivity contribution in [2.24, 2.45) is 0 Å². The van der Waals surface area contributed by atoms with E-state index in [1.807, 2.05) is 0 Å². The van der Waals surface area contributed by atoms with Gasteiger partial charge in [0.2, 0.25) is 0 Å². The third kappa shape index (κ3) is 2.14. The van der Waals surface area contributed by atoms with Crippen molar-refractivity contribution in [3.8, 4) is 0 Å². The first-order valence-electron chi connectivity index (χ1n) is 2.63. The van der Waals surface area contributed by atoms with Gasteiger partial charge in [0.15, 0.2) is 0 Å². The maximum Gasteiger partial charge on any atom is 0.387 e. The predicted octanol–water partition coefficient (Wildman–Crippen LogP) is -0.253. The van der Waals surface area contributed by atoms with E-state index in [-0.39, 0.29) is 0 Å². The molecule has 4 nitrogen and oxygen atoms in total. The molecule has 0 aromatic carbocycles. The summed E-state index contributed by atoms with van der Waals surface area (Å²) in [7, 11) is 1.23. The molecule has 0 saturated heterocycles. The Morgan fingerprint density at radius 1 is 1.60 bits per heavy atom. The zero-order chi connectivity index (χ0) is 7.23. The molecule has 1 aromatic heterocycles. The number of pyridine rings is 1. The van der Waals surface area contributed by atoms with Gasteiger partial charge in [-0.3, -0.25) is 9.79 Å². The lowest BCUT2D eigenvalue weighted by Crippen LogP contribution is -2.16. The van der Waals surface area contributed by atoms with Crippen LogP contribution >= 0.6 is 0 Å². The Bertz CT molecular complexity index is 182. The highest BCUT2D eigenvalue weighted by molar-refractivity contribution is 6.46. The van der Waals surface area contributed by atoms with E-state index < -0.39 is 0 Å². The number of hydrogen-bond donors (Lipinski definition) is 1. The Labute approximate surface area is 58.6 Å². The van der Waals surface area contributed by atoms with Gasteiger partial charge in [-0.25, -0.2) is 5.26 Å². The average Bonchev–Trinajstić information content (AvgIpc) is 2.03. The van der Waals surface area contributed by atoms with Gasteiger partial charge in [-0.15, -0.1) is 0 Å². The van der Waals surface area contributed by atoms with Gasteiger partial charge in [0.25, 0.3) is 0 Å². The number of hydrogen-bond acceptors (Lipinski definition) is 4. The van der Waals surface area contributed by atoms with Crippen LogP contribution in [0.5, 0.6) is 0 Å². The lowest BCUT2D eigenvalue weighted by molar-refractivity contribution is -0.441. The monoisotopic (exact) mass is 138 g/mol. The molecule has 0 amide bonds. The van der Waals surface area contributed by atoms with E-state index in [9.17, 15) is 0 Å². The molecule has 0 spiro atoms. The van der Waals surface area contributed by atoms with Crippen molar-refractivity contribution in [1.29, 1.82) is 0 Å². The van der Waals surface area contributed by atoms with Crippen molar-refractivity contribution < 1.29 is 15.1 Å². The van der Waals surface area contributed by atoms with Gasteiger partial charge in [0.1, 0.15) is 0 Å². The van der Waals surface area contributed by atoms with Gasteiger partial charge in [-0.2, -0.15) is 0 Å². The van der Waals surface area contributed by atoms with Crippen LogP contribution in [0, 0.1) is 0 Å². The maximum absolute atomic E-state index is 7.75. The molecule has 0 fully saturated rings. The fraction of sp³-hybridized carbons (Fsp3) is 0. The summed E-state index contributed by atoms with van der Waals surface area (Å²) in [5.41, 5.74) is 0.719. The molecule has 5 heteroatoms. The number of nitrogens with zero attached hydrogens (tertiary/aromatic N) is 1. The van der Waals surface area contributed by atoms with E-state index in [1.54, 1.807) is 24.5 Å². The first-order chi connectivity index (χ1) is 4.93. The van der Waals surface area contributed by atoms with Crippen molar-refractivity contribution in [2.45, 2.75) is 0 Å². The summed E-state index contributed by atoms with van der Waals surface area (Å²) in [6, 6.07) is 3.50. The van der Waals surface area contributed by atoms with Crippen LogP contribution in [0.2, 0.25) is 0 Å².